The Morgan fingerprint density at radius 1 is 0.833 bits per heavy atom. The molecule has 1 amide bonds. The molecular formula is C23H21NO6. The number of anilines is 1. The SMILES string of the molecule is COC(=O)c1ccc(OC)cc1OCC(=O)Nc1ccc(Oc2ccccc2)cc1. The molecule has 0 spiro atoms. The fourth-order valence-corrected chi connectivity index (χ4v) is 2.60. The summed E-state index contributed by atoms with van der Waals surface area (Å²) in [5.74, 6) is 1.11. The molecule has 154 valence electrons. The molecule has 0 bridgehead atoms. The Kier molecular flexibility index (Phi) is 6.89. The van der Waals surface area contributed by atoms with Crippen molar-refractivity contribution < 1.29 is 28.5 Å². The Labute approximate surface area is 174 Å². The Hall–Kier alpha value is -4.00. The molecule has 0 aliphatic carbocycles. The van der Waals surface area contributed by atoms with Crippen LogP contribution in [0.25, 0.3) is 0 Å². The minimum atomic E-state index is -0.568. The summed E-state index contributed by atoms with van der Waals surface area (Å²) < 4.78 is 21.1. The van der Waals surface area contributed by atoms with Gasteiger partial charge in [-0.15, -0.1) is 0 Å². The van der Waals surface area contributed by atoms with Crippen molar-refractivity contribution in [2.24, 2.45) is 0 Å². The van der Waals surface area contributed by atoms with Crippen molar-refractivity contribution in [3.05, 3.63) is 78.4 Å². The van der Waals surface area contributed by atoms with E-state index in [9.17, 15) is 9.59 Å². The van der Waals surface area contributed by atoms with Crippen molar-refractivity contribution in [3.8, 4) is 23.0 Å². The van der Waals surface area contributed by atoms with Gasteiger partial charge >= 0.3 is 5.97 Å². The standard InChI is InChI=1S/C23H21NO6/c1-27-19-12-13-20(23(26)28-2)21(14-19)29-15-22(25)24-16-8-10-18(11-9-16)30-17-6-4-3-5-7-17/h3-14H,15H2,1-2H3,(H,24,25). The van der Waals surface area contributed by atoms with Gasteiger partial charge in [0.25, 0.3) is 5.91 Å². The van der Waals surface area contributed by atoms with Crippen LogP contribution in [0.5, 0.6) is 23.0 Å². The van der Waals surface area contributed by atoms with Crippen LogP contribution in [0.3, 0.4) is 0 Å². The van der Waals surface area contributed by atoms with E-state index in [1.54, 1.807) is 30.3 Å². The molecule has 0 aliphatic rings. The number of rotatable bonds is 8. The van der Waals surface area contributed by atoms with Crippen LogP contribution in [0.2, 0.25) is 0 Å². The number of amides is 1. The predicted octanol–water partition coefficient (Wildman–Crippen LogP) is 4.29. The van der Waals surface area contributed by atoms with Crippen molar-refractivity contribution in [1.29, 1.82) is 0 Å². The smallest absolute Gasteiger partial charge is 0.341 e. The average Bonchev–Trinajstić information content (AvgIpc) is 2.79. The lowest BCUT2D eigenvalue weighted by atomic mass is 10.2. The maximum absolute atomic E-state index is 12.3. The van der Waals surface area contributed by atoms with Gasteiger partial charge in [-0.3, -0.25) is 4.79 Å². The number of carbonyl (C=O) groups is 2. The minimum Gasteiger partial charge on any atom is -0.497 e. The second-order valence-electron chi connectivity index (χ2n) is 6.13. The third-order valence-corrected chi connectivity index (χ3v) is 4.07. The van der Waals surface area contributed by atoms with E-state index in [2.05, 4.69) is 5.32 Å². The zero-order valence-corrected chi connectivity index (χ0v) is 16.6. The molecule has 0 saturated carbocycles. The van der Waals surface area contributed by atoms with Crippen LogP contribution in [0, 0.1) is 0 Å². The summed E-state index contributed by atoms with van der Waals surface area (Å²) in [6.07, 6.45) is 0. The molecule has 3 rings (SSSR count). The quantitative estimate of drug-likeness (QED) is 0.561. The van der Waals surface area contributed by atoms with Crippen molar-refractivity contribution in [2.75, 3.05) is 26.1 Å². The molecule has 0 aliphatic heterocycles. The molecule has 3 aromatic rings. The van der Waals surface area contributed by atoms with Crippen LogP contribution in [-0.2, 0) is 9.53 Å². The maximum Gasteiger partial charge on any atom is 0.341 e. The third-order valence-electron chi connectivity index (χ3n) is 4.07. The fraction of sp³-hybridized carbons (Fsp3) is 0.130. The van der Waals surface area contributed by atoms with Crippen LogP contribution in [-0.4, -0.2) is 32.7 Å². The first-order valence-electron chi connectivity index (χ1n) is 9.11. The van der Waals surface area contributed by atoms with Gasteiger partial charge in [0.15, 0.2) is 6.61 Å². The van der Waals surface area contributed by atoms with Gasteiger partial charge in [-0.25, -0.2) is 4.79 Å². The molecule has 0 atom stereocenters. The molecule has 7 heteroatoms. The largest absolute Gasteiger partial charge is 0.497 e. The molecule has 0 unspecified atom stereocenters. The van der Waals surface area contributed by atoms with Crippen LogP contribution in [0.1, 0.15) is 10.4 Å². The summed E-state index contributed by atoms with van der Waals surface area (Å²) in [7, 11) is 2.77. The molecule has 7 nitrogen and oxygen atoms in total. The first-order valence-corrected chi connectivity index (χ1v) is 9.11. The number of methoxy groups -OCH3 is 2. The summed E-state index contributed by atoms with van der Waals surface area (Å²) in [6.45, 7) is -0.292. The lowest BCUT2D eigenvalue weighted by molar-refractivity contribution is -0.118. The van der Waals surface area contributed by atoms with E-state index in [0.29, 0.717) is 17.2 Å². The van der Waals surface area contributed by atoms with E-state index in [0.717, 1.165) is 5.75 Å². The van der Waals surface area contributed by atoms with E-state index in [1.165, 1.54) is 26.4 Å². The van der Waals surface area contributed by atoms with E-state index < -0.39 is 5.97 Å². The third kappa shape index (κ3) is 5.51. The number of carbonyl (C=O) groups excluding carboxylic acids is 2. The number of esters is 1. The number of benzene rings is 3. The number of para-hydroxylation sites is 1. The maximum atomic E-state index is 12.3. The van der Waals surface area contributed by atoms with Gasteiger partial charge in [-0.05, 0) is 48.5 Å². The molecule has 0 fully saturated rings. The Morgan fingerprint density at radius 2 is 1.50 bits per heavy atom. The van der Waals surface area contributed by atoms with Crippen molar-refractivity contribution in [1.82, 2.24) is 0 Å². The highest BCUT2D eigenvalue weighted by Gasteiger charge is 2.15. The summed E-state index contributed by atoms with van der Waals surface area (Å²) >= 11 is 0. The normalized spacial score (nSPS) is 10.1. The molecule has 1 N–H and O–H groups in total. The van der Waals surface area contributed by atoms with Gasteiger partial charge in [0.1, 0.15) is 28.6 Å². The van der Waals surface area contributed by atoms with Crippen molar-refractivity contribution >= 4 is 17.6 Å². The van der Waals surface area contributed by atoms with Gasteiger partial charge in [0.05, 0.1) is 14.2 Å². The minimum absolute atomic E-state index is 0.197. The zero-order chi connectivity index (χ0) is 21.3. The van der Waals surface area contributed by atoms with Crippen LogP contribution >= 0.6 is 0 Å². The zero-order valence-electron chi connectivity index (χ0n) is 16.6. The topological polar surface area (TPSA) is 83.1 Å². The van der Waals surface area contributed by atoms with Gasteiger partial charge in [-0.1, -0.05) is 18.2 Å². The molecule has 3 aromatic carbocycles. The van der Waals surface area contributed by atoms with Gasteiger partial charge in [-0.2, -0.15) is 0 Å². The highest BCUT2D eigenvalue weighted by atomic mass is 16.5. The first kappa shape index (κ1) is 20.7. The number of hydrogen-bond acceptors (Lipinski definition) is 6. The highest BCUT2D eigenvalue weighted by molar-refractivity contribution is 5.94. The van der Waals surface area contributed by atoms with Crippen LogP contribution in [0.15, 0.2) is 72.8 Å². The number of ether oxygens (including phenoxy) is 4. The Morgan fingerprint density at radius 3 is 2.17 bits per heavy atom. The monoisotopic (exact) mass is 407 g/mol. The molecule has 30 heavy (non-hydrogen) atoms. The number of hydrogen-bond donors (Lipinski definition) is 1. The van der Waals surface area contributed by atoms with Gasteiger partial charge in [0.2, 0.25) is 0 Å². The van der Waals surface area contributed by atoms with E-state index in [-0.39, 0.29) is 23.8 Å². The molecule has 0 aromatic heterocycles. The summed E-state index contributed by atoms with van der Waals surface area (Å²) in [5.41, 5.74) is 0.788. The van der Waals surface area contributed by atoms with Gasteiger partial charge < -0.3 is 24.3 Å². The first-order chi connectivity index (χ1) is 14.6. The van der Waals surface area contributed by atoms with E-state index in [1.807, 2.05) is 30.3 Å². The molecule has 0 radical (unpaired) electrons. The lowest BCUT2D eigenvalue weighted by Crippen LogP contribution is -2.21. The predicted molar refractivity (Wildman–Crippen MR) is 111 cm³/mol. The highest BCUT2D eigenvalue weighted by Crippen LogP contribution is 2.26. The molecular weight excluding hydrogens is 386 g/mol. The van der Waals surface area contributed by atoms with E-state index in [4.69, 9.17) is 18.9 Å². The summed E-state index contributed by atoms with van der Waals surface area (Å²) in [6, 6.07) is 21.0. The fourth-order valence-electron chi connectivity index (χ4n) is 2.60. The van der Waals surface area contributed by atoms with Crippen molar-refractivity contribution in [2.45, 2.75) is 0 Å². The summed E-state index contributed by atoms with van der Waals surface area (Å²) in [4.78, 5) is 24.1. The second-order valence-corrected chi connectivity index (χ2v) is 6.13. The summed E-state index contributed by atoms with van der Waals surface area (Å²) in [5, 5.41) is 2.73. The second kappa shape index (κ2) is 9.97. The van der Waals surface area contributed by atoms with E-state index >= 15 is 0 Å². The Balaban J connectivity index is 1.59. The van der Waals surface area contributed by atoms with Crippen LogP contribution < -0.4 is 19.5 Å². The van der Waals surface area contributed by atoms with Crippen LogP contribution in [0.4, 0.5) is 5.69 Å². The van der Waals surface area contributed by atoms with Crippen molar-refractivity contribution in [3.63, 3.8) is 0 Å². The molecule has 0 saturated heterocycles. The molecule has 0 heterocycles. The average molecular weight is 407 g/mol. The lowest BCUT2D eigenvalue weighted by Gasteiger charge is -2.12. The number of nitrogens with one attached hydrogen (secondary N) is 1. The Bertz CT molecular complexity index is 1000. The van der Waals surface area contributed by atoms with Gasteiger partial charge in [0, 0.05) is 11.8 Å².